The first-order valence-electron chi connectivity index (χ1n) is 10.7. The van der Waals surface area contributed by atoms with E-state index in [0.717, 1.165) is 17.0 Å². The summed E-state index contributed by atoms with van der Waals surface area (Å²) >= 11 is 11.9. The number of halogens is 3. The van der Waals surface area contributed by atoms with Crippen molar-refractivity contribution in [3.63, 3.8) is 0 Å². The first-order valence-corrected chi connectivity index (χ1v) is 11.5. The van der Waals surface area contributed by atoms with Gasteiger partial charge in [-0.25, -0.2) is 9.29 Å². The number of Topliss-reactive ketones (excluding diaryl/α,β-unsaturated/α-hetero) is 2. The lowest BCUT2D eigenvalue weighted by molar-refractivity contribution is -0.127. The molecule has 3 atom stereocenters. The molecule has 0 unspecified atom stereocenters. The lowest BCUT2D eigenvalue weighted by Gasteiger charge is -2.27. The summed E-state index contributed by atoms with van der Waals surface area (Å²) in [5.41, 5.74) is -1.39. The molecule has 9 heteroatoms. The van der Waals surface area contributed by atoms with Crippen molar-refractivity contribution >= 4 is 52.3 Å². The number of hydrogen-bond donors (Lipinski definition) is 0. The smallest absolute Gasteiger partial charge is 0.241 e. The molecule has 0 bridgehead atoms. The standard InChI is InChI=1S/C26H14Cl2FNO5/c27-13-7-5-12(6-8-13)21-19-20(25(34)30(24(19)33)14-9-10-18(29)17(28)11-14)26(35-21)22(31)15-3-1-2-4-16(15)23(26)32/h1-11,19-21H/t19-,20-,21+/m0/s1. The van der Waals surface area contributed by atoms with E-state index in [0.29, 0.717) is 10.6 Å². The summed E-state index contributed by atoms with van der Waals surface area (Å²) in [4.78, 5) is 55.7. The molecule has 3 aromatic carbocycles. The molecule has 2 aliphatic heterocycles. The highest BCUT2D eigenvalue weighted by molar-refractivity contribution is 6.37. The number of amides is 2. The zero-order chi connectivity index (χ0) is 24.6. The maximum absolute atomic E-state index is 13.8. The van der Waals surface area contributed by atoms with Crippen LogP contribution in [-0.2, 0) is 14.3 Å². The van der Waals surface area contributed by atoms with Crippen LogP contribution in [0.3, 0.4) is 0 Å². The van der Waals surface area contributed by atoms with Crippen LogP contribution >= 0.6 is 23.2 Å². The van der Waals surface area contributed by atoms with E-state index in [1.165, 1.54) is 18.2 Å². The first kappa shape index (κ1) is 22.1. The minimum Gasteiger partial charge on any atom is -0.349 e. The van der Waals surface area contributed by atoms with E-state index in [2.05, 4.69) is 0 Å². The van der Waals surface area contributed by atoms with Gasteiger partial charge < -0.3 is 4.74 Å². The molecule has 2 heterocycles. The summed E-state index contributed by atoms with van der Waals surface area (Å²) in [5.74, 6) is -6.08. The average molecular weight is 510 g/mol. The molecule has 6 nitrogen and oxygen atoms in total. The van der Waals surface area contributed by atoms with Gasteiger partial charge in [-0.1, -0.05) is 59.6 Å². The topological polar surface area (TPSA) is 80.8 Å². The van der Waals surface area contributed by atoms with Crippen LogP contribution in [0.25, 0.3) is 0 Å². The largest absolute Gasteiger partial charge is 0.349 e. The molecule has 2 saturated heterocycles. The fourth-order valence-corrected chi connectivity index (χ4v) is 5.65. The van der Waals surface area contributed by atoms with Crippen LogP contribution in [0.1, 0.15) is 32.4 Å². The number of rotatable bonds is 2. The van der Waals surface area contributed by atoms with E-state index in [-0.39, 0.29) is 21.8 Å². The second kappa shape index (κ2) is 7.55. The number of anilines is 1. The Labute approximate surface area is 208 Å². The van der Waals surface area contributed by atoms with Crippen LogP contribution in [0.15, 0.2) is 66.7 Å². The summed E-state index contributed by atoms with van der Waals surface area (Å²) in [6.07, 6.45) is -1.07. The third-order valence-electron chi connectivity index (χ3n) is 6.88. The highest BCUT2D eigenvalue weighted by atomic mass is 35.5. The van der Waals surface area contributed by atoms with Crippen LogP contribution in [0.4, 0.5) is 10.1 Å². The number of ether oxygens (including phenoxy) is 1. The van der Waals surface area contributed by atoms with E-state index in [1.807, 2.05) is 0 Å². The van der Waals surface area contributed by atoms with Crippen LogP contribution in [0, 0.1) is 17.7 Å². The lowest BCUT2D eigenvalue weighted by atomic mass is 9.77. The minimum atomic E-state index is -2.19. The Morgan fingerprint density at radius 1 is 0.829 bits per heavy atom. The molecule has 174 valence electrons. The number of fused-ring (bicyclic) bond motifs is 3. The van der Waals surface area contributed by atoms with Gasteiger partial charge in [-0.05, 0) is 35.9 Å². The maximum Gasteiger partial charge on any atom is 0.241 e. The van der Waals surface area contributed by atoms with Crippen LogP contribution in [0.2, 0.25) is 10.0 Å². The molecule has 1 aliphatic carbocycles. The van der Waals surface area contributed by atoms with Crippen molar-refractivity contribution in [3.8, 4) is 0 Å². The number of imide groups is 1. The highest BCUT2D eigenvalue weighted by Gasteiger charge is 2.74. The maximum atomic E-state index is 13.8. The van der Waals surface area contributed by atoms with Crippen molar-refractivity contribution in [2.75, 3.05) is 4.90 Å². The molecule has 6 rings (SSSR count). The Morgan fingerprint density at radius 3 is 2.06 bits per heavy atom. The lowest BCUT2D eigenvalue weighted by Crippen LogP contribution is -2.51. The fraction of sp³-hybridized carbons (Fsp3) is 0.154. The van der Waals surface area contributed by atoms with Crippen molar-refractivity contribution in [3.05, 3.63) is 99.3 Å². The van der Waals surface area contributed by atoms with Gasteiger partial charge in [0, 0.05) is 16.1 Å². The normalized spacial score (nSPS) is 24.4. The van der Waals surface area contributed by atoms with E-state index >= 15 is 0 Å². The Kier molecular flexibility index (Phi) is 4.77. The number of benzene rings is 3. The third-order valence-corrected chi connectivity index (χ3v) is 7.42. The molecule has 0 aromatic heterocycles. The molecule has 35 heavy (non-hydrogen) atoms. The predicted octanol–water partition coefficient (Wildman–Crippen LogP) is 4.83. The van der Waals surface area contributed by atoms with Gasteiger partial charge in [0.15, 0.2) is 0 Å². The van der Waals surface area contributed by atoms with Crippen molar-refractivity contribution in [2.45, 2.75) is 11.7 Å². The number of nitrogens with zero attached hydrogens (tertiary/aromatic N) is 1. The molecule has 0 radical (unpaired) electrons. The summed E-state index contributed by atoms with van der Waals surface area (Å²) in [6.45, 7) is 0. The van der Waals surface area contributed by atoms with Crippen molar-refractivity contribution in [1.29, 1.82) is 0 Å². The second-order valence-electron chi connectivity index (χ2n) is 8.64. The quantitative estimate of drug-likeness (QED) is 0.365. The number of ketones is 2. The summed E-state index contributed by atoms with van der Waals surface area (Å²) in [6, 6.07) is 16.1. The van der Waals surface area contributed by atoms with Crippen LogP contribution < -0.4 is 4.90 Å². The van der Waals surface area contributed by atoms with E-state index in [4.69, 9.17) is 27.9 Å². The predicted molar refractivity (Wildman–Crippen MR) is 124 cm³/mol. The van der Waals surface area contributed by atoms with Gasteiger partial charge in [0.1, 0.15) is 5.82 Å². The molecule has 1 spiro atoms. The Bertz CT molecular complexity index is 1440. The van der Waals surface area contributed by atoms with E-state index in [1.54, 1.807) is 36.4 Å². The summed E-state index contributed by atoms with van der Waals surface area (Å²) < 4.78 is 20.0. The Balaban J connectivity index is 1.54. The van der Waals surface area contributed by atoms with Gasteiger partial charge in [-0.3, -0.25) is 19.2 Å². The molecule has 0 saturated carbocycles. The van der Waals surface area contributed by atoms with Crippen molar-refractivity contribution in [1.82, 2.24) is 0 Å². The highest BCUT2D eigenvalue weighted by Crippen LogP contribution is 2.57. The molecular formula is C26H14Cl2FNO5. The Morgan fingerprint density at radius 2 is 1.46 bits per heavy atom. The van der Waals surface area contributed by atoms with E-state index in [9.17, 15) is 23.6 Å². The monoisotopic (exact) mass is 509 g/mol. The fourth-order valence-electron chi connectivity index (χ4n) is 5.35. The average Bonchev–Trinajstić information content (AvgIpc) is 3.41. The SMILES string of the molecule is O=C1[C@@H]2[C@@H](c3ccc(Cl)cc3)OC3(C(=O)c4ccccc4C3=O)[C@@H]2C(=O)N1c1ccc(F)c(Cl)c1. The van der Waals surface area contributed by atoms with Crippen LogP contribution in [0.5, 0.6) is 0 Å². The van der Waals surface area contributed by atoms with Gasteiger partial charge in [-0.2, -0.15) is 0 Å². The Hall–Kier alpha value is -3.39. The summed E-state index contributed by atoms with van der Waals surface area (Å²) in [5, 5.41) is 0.163. The molecule has 3 aromatic rings. The van der Waals surface area contributed by atoms with Gasteiger partial charge in [0.2, 0.25) is 29.0 Å². The molecular weight excluding hydrogens is 496 g/mol. The van der Waals surface area contributed by atoms with Crippen molar-refractivity contribution in [2.24, 2.45) is 11.8 Å². The molecule has 3 aliphatic rings. The molecule has 0 N–H and O–H groups in total. The minimum absolute atomic E-state index is 0.0428. The van der Waals surface area contributed by atoms with Gasteiger partial charge in [0.05, 0.1) is 28.6 Å². The van der Waals surface area contributed by atoms with Crippen molar-refractivity contribution < 1.29 is 28.3 Å². The molecule has 2 amide bonds. The number of carbonyl (C=O) groups excluding carboxylic acids is 4. The van der Waals surface area contributed by atoms with E-state index < -0.39 is 52.7 Å². The second-order valence-corrected chi connectivity index (χ2v) is 9.49. The van der Waals surface area contributed by atoms with Gasteiger partial charge in [-0.15, -0.1) is 0 Å². The number of carbonyl (C=O) groups is 4. The third kappa shape index (κ3) is 2.86. The van der Waals surface area contributed by atoms with Gasteiger partial charge >= 0.3 is 0 Å². The zero-order valence-corrected chi connectivity index (χ0v) is 19.2. The zero-order valence-electron chi connectivity index (χ0n) is 17.7. The first-order chi connectivity index (χ1) is 16.8. The summed E-state index contributed by atoms with van der Waals surface area (Å²) in [7, 11) is 0. The molecule has 2 fully saturated rings. The number of hydrogen-bond acceptors (Lipinski definition) is 5. The van der Waals surface area contributed by atoms with Crippen LogP contribution in [-0.4, -0.2) is 29.0 Å². The van der Waals surface area contributed by atoms with Gasteiger partial charge in [0.25, 0.3) is 0 Å².